The zero-order chi connectivity index (χ0) is 30.2. The number of hydrogen-bond acceptors (Lipinski definition) is 6. The number of amides is 2. The molecule has 0 fully saturated rings. The van der Waals surface area contributed by atoms with Crippen LogP contribution in [-0.2, 0) is 26.2 Å². The number of methoxy groups -OCH3 is 2. The van der Waals surface area contributed by atoms with Crippen molar-refractivity contribution in [3.8, 4) is 11.5 Å². The molecule has 0 heterocycles. The molecular weight excluding hydrogens is 566 g/mol. The van der Waals surface area contributed by atoms with Crippen molar-refractivity contribution in [3.05, 3.63) is 83.4 Å². The molecule has 11 heteroatoms. The molecule has 3 aromatic rings. The highest BCUT2D eigenvalue weighted by Gasteiger charge is 2.35. The number of rotatable bonds is 13. The Kier molecular flexibility index (Phi) is 11.0. The number of halogens is 1. The molecule has 0 spiro atoms. The van der Waals surface area contributed by atoms with Gasteiger partial charge in [0.1, 0.15) is 24.1 Å². The number of para-hydroxylation sites is 2. The van der Waals surface area contributed by atoms with Gasteiger partial charge in [0.15, 0.2) is 0 Å². The van der Waals surface area contributed by atoms with Crippen LogP contribution in [0.15, 0.2) is 77.7 Å². The number of benzene rings is 3. The maximum absolute atomic E-state index is 14.1. The number of anilines is 1. The van der Waals surface area contributed by atoms with Crippen LogP contribution in [0.25, 0.3) is 0 Å². The van der Waals surface area contributed by atoms with Crippen LogP contribution in [0.4, 0.5) is 5.69 Å². The van der Waals surface area contributed by atoms with Crippen LogP contribution >= 0.6 is 11.6 Å². The lowest BCUT2D eigenvalue weighted by Crippen LogP contribution is -2.53. The molecule has 0 aliphatic rings. The molecule has 3 aromatic carbocycles. The monoisotopic (exact) mass is 601 g/mol. The van der Waals surface area contributed by atoms with E-state index in [0.717, 1.165) is 4.31 Å². The summed E-state index contributed by atoms with van der Waals surface area (Å²) >= 11 is 6.43. The van der Waals surface area contributed by atoms with Crippen molar-refractivity contribution in [1.29, 1.82) is 0 Å². The predicted octanol–water partition coefficient (Wildman–Crippen LogP) is 4.88. The standard InChI is InChI=1S/C30H36ClN3O6S/c1-6-26(30(36)32-21(2)3)33(19-22-11-7-8-12-25(22)31)29(35)20-34(27-13-9-10-14-28(27)40-5)41(37,38)24-17-15-23(39-4)16-18-24/h7-18,21,26H,6,19-20H2,1-5H3,(H,32,36)/t26-/m0/s1. The van der Waals surface area contributed by atoms with Gasteiger partial charge in [-0.05, 0) is 68.3 Å². The molecule has 0 saturated carbocycles. The largest absolute Gasteiger partial charge is 0.497 e. The van der Waals surface area contributed by atoms with E-state index in [1.54, 1.807) is 55.5 Å². The fourth-order valence-electron chi connectivity index (χ4n) is 4.33. The molecule has 0 saturated heterocycles. The molecule has 0 bridgehead atoms. The van der Waals surface area contributed by atoms with Crippen LogP contribution in [-0.4, -0.2) is 58.0 Å². The quantitative estimate of drug-likeness (QED) is 0.299. The number of sulfonamides is 1. The minimum atomic E-state index is -4.27. The molecule has 1 atom stereocenters. The molecule has 0 aromatic heterocycles. The summed E-state index contributed by atoms with van der Waals surface area (Å²) < 4.78 is 39.7. The van der Waals surface area contributed by atoms with Crippen LogP contribution in [0.2, 0.25) is 5.02 Å². The number of nitrogens with one attached hydrogen (secondary N) is 1. The van der Waals surface area contributed by atoms with Gasteiger partial charge in [-0.25, -0.2) is 8.42 Å². The number of carbonyl (C=O) groups excluding carboxylic acids is 2. The molecule has 0 radical (unpaired) electrons. The van der Waals surface area contributed by atoms with Crippen molar-refractivity contribution in [2.24, 2.45) is 0 Å². The first-order valence-corrected chi connectivity index (χ1v) is 15.0. The fraction of sp³-hybridized carbons (Fsp3) is 0.333. The van der Waals surface area contributed by atoms with E-state index in [4.69, 9.17) is 21.1 Å². The van der Waals surface area contributed by atoms with Crippen molar-refractivity contribution in [3.63, 3.8) is 0 Å². The molecule has 3 rings (SSSR count). The summed E-state index contributed by atoms with van der Waals surface area (Å²) in [7, 11) is -1.36. The number of ether oxygens (including phenoxy) is 2. The molecule has 41 heavy (non-hydrogen) atoms. The zero-order valence-electron chi connectivity index (χ0n) is 23.8. The van der Waals surface area contributed by atoms with Gasteiger partial charge in [-0.1, -0.05) is 48.9 Å². The van der Waals surface area contributed by atoms with E-state index in [1.165, 1.54) is 43.4 Å². The molecular formula is C30H36ClN3O6S. The van der Waals surface area contributed by atoms with Gasteiger partial charge in [-0.3, -0.25) is 13.9 Å². The molecule has 0 aliphatic heterocycles. The van der Waals surface area contributed by atoms with Crippen molar-refractivity contribution in [2.45, 2.75) is 50.7 Å². The lowest BCUT2D eigenvalue weighted by molar-refractivity contribution is -0.140. The van der Waals surface area contributed by atoms with E-state index >= 15 is 0 Å². The maximum Gasteiger partial charge on any atom is 0.264 e. The van der Waals surface area contributed by atoms with Gasteiger partial charge in [-0.2, -0.15) is 0 Å². The van der Waals surface area contributed by atoms with Crippen LogP contribution in [0.5, 0.6) is 11.5 Å². The minimum absolute atomic E-state index is 0.00484. The first-order valence-electron chi connectivity index (χ1n) is 13.2. The van der Waals surface area contributed by atoms with Crippen molar-refractivity contribution < 1.29 is 27.5 Å². The Bertz CT molecular complexity index is 1450. The smallest absolute Gasteiger partial charge is 0.264 e. The van der Waals surface area contributed by atoms with Gasteiger partial charge in [0.25, 0.3) is 10.0 Å². The van der Waals surface area contributed by atoms with Gasteiger partial charge in [0.05, 0.1) is 24.8 Å². The van der Waals surface area contributed by atoms with Gasteiger partial charge >= 0.3 is 0 Å². The Morgan fingerprint density at radius 2 is 1.56 bits per heavy atom. The third-order valence-corrected chi connectivity index (χ3v) is 8.54. The minimum Gasteiger partial charge on any atom is -0.497 e. The normalized spacial score (nSPS) is 12.0. The van der Waals surface area contributed by atoms with E-state index in [1.807, 2.05) is 13.8 Å². The number of nitrogens with zero attached hydrogens (tertiary/aromatic N) is 2. The Morgan fingerprint density at radius 1 is 0.927 bits per heavy atom. The van der Waals surface area contributed by atoms with Crippen molar-refractivity contribution in [1.82, 2.24) is 10.2 Å². The highest BCUT2D eigenvalue weighted by Crippen LogP contribution is 2.33. The molecule has 1 N–H and O–H groups in total. The summed E-state index contributed by atoms with van der Waals surface area (Å²) in [6, 6.07) is 18.4. The summed E-state index contributed by atoms with van der Waals surface area (Å²) in [5, 5.41) is 3.30. The zero-order valence-corrected chi connectivity index (χ0v) is 25.4. The Labute approximate surface area is 247 Å². The lowest BCUT2D eigenvalue weighted by Gasteiger charge is -2.34. The summed E-state index contributed by atoms with van der Waals surface area (Å²) in [6.45, 7) is 4.87. The molecule has 0 unspecified atom stereocenters. The molecule has 9 nitrogen and oxygen atoms in total. The topological polar surface area (TPSA) is 105 Å². The Morgan fingerprint density at radius 3 is 2.15 bits per heavy atom. The van der Waals surface area contributed by atoms with Crippen LogP contribution < -0.4 is 19.1 Å². The van der Waals surface area contributed by atoms with Crippen LogP contribution in [0.1, 0.15) is 32.8 Å². The first kappa shape index (κ1) is 31.8. The Balaban J connectivity index is 2.11. The molecule has 220 valence electrons. The van der Waals surface area contributed by atoms with E-state index in [-0.39, 0.29) is 34.8 Å². The summed E-state index contributed by atoms with van der Waals surface area (Å²) in [5.74, 6) is -0.181. The van der Waals surface area contributed by atoms with Gasteiger partial charge < -0.3 is 19.7 Å². The van der Waals surface area contributed by atoms with E-state index in [0.29, 0.717) is 22.8 Å². The van der Waals surface area contributed by atoms with E-state index in [9.17, 15) is 18.0 Å². The van der Waals surface area contributed by atoms with Crippen molar-refractivity contribution in [2.75, 3.05) is 25.1 Å². The third-order valence-electron chi connectivity index (χ3n) is 6.40. The molecule has 0 aliphatic carbocycles. The second-order valence-electron chi connectivity index (χ2n) is 9.56. The average Bonchev–Trinajstić information content (AvgIpc) is 2.96. The highest BCUT2D eigenvalue weighted by molar-refractivity contribution is 7.92. The fourth-order valence-corrected chi connectivity index (χ4v) is 5.95. The SMILES string of the molecule is CC[C@@H](C(=O)NC(C)C)N(Cc1ccccc1Cl)C(=O)CN(c1ccccc1OC)S(=O)(=O)c1ccc(OC)cc1. The highest BCUT2D eigenvalue weighted by atomic mass is 35.5. The summed E-state index contributed by atoms with van der Waals surface area (Å²) in [6.07, 6.45) is 0.300. The van der Waals surface area contributed by atoms with Gasteiger partial charge in [0, 0.05) is 17.6 Å². The number of carbonyl (C=O) groups is 2. The van der Waals surface area contributed by atoms with Gasteiger partial charge in [-0.15, -0.1) is 0 Å². The second kappa shape index (κ2) is 14.2. The van der Waals surface area contributed by atoms with E-state index < -0.39 is 28.5 Å². The third kappa shape index (κ3) is 7.71. The first-order chi connectivity index (χ1) is 19.5. The second-order valence-corrected chi connectivity index (χ2v) is 11.8. The van der Waals surface area contributed by atoms with Crippen molar-refractivity contribution >= 4 is 39.1 Å². The lowest BCUT2D eigenvalue weighted by atomic mass is 10.1. The van der Waals surface area contributed by atoms with Crippen LogP contribution in [0.3, 0.4) is 0 Å². The molecule has 2 amide bonds. The summed E-state index contributed by atoms with van der Waals surface area (Å²) in [5.41, 5.74) is 0.803. The van der Waals surface area contributed by atoms with Gasteiger partial charge in [0.2, 0.25) is 11.8 Å². The summed E-state index contributed by atoms with van der Waals surface area (Å²) in [4.78, 5) is 28.7. The maximum atomic E-state index is 14.1. The average molecular weight is 602 g/mol. The predicted molar refractivity (Wildman–Crippen MR) is 160 cm³/mol. The van der Waals surface area contributed by atoms with Crippen LogP contribution in [0, 0.1) is 0 Å². The van der Waals surface area contributed by atoms with E-state index in [2.05, 4.69) is 5.32 Å². The Hall–Kier alpha value is -3.76. The number of hydrogen-bond donors (Lipinski definition) is 1.